The van der Waals surface area contributed by atoms with E-state index in [-0.39, 0.29) is 5.91 Å². The number of benzene rings is 1. The molecule has 0 aliphatic carbocycles. The van der Waals surface area contributed by atoms with Crippen LogP contribution in [-0.2, 0) is 17.8 Å². The third kappa shape index (κ3) is 3.02. The Morgan fingerprint density at radius 1 is 1.15 bits per heavy atom. The smallest absolute Gasteiger partial charge is 0.233 e. The highest BCUT2D eigenvalue weighted by molar-refractivity contribution is 8.00. The summed E-state index contributed by atoms with van der Waals surface area (Å²) in [7, 11) is 0. The van der Waals surface area contributed by atoms with Gasteiger partial charge in [-0.2, -0.15) is 0 Å². The molecule has 0 bridgehead atoms. The summed E-state index contributed by atoms with van der Waals surface area (Å²) in [4.78, 5) is 19.3. The molecule has 2 heterocycles. The van der Waals surface area contributed by atoms with Gasteiger partial charge >= 0.3 is 0 Å². The Hall–Kier alpha value is -1.81. The molecule has 20 heavy (non-hydrogen) atoms. The highest BCUT2D eigenvalue weighted by atomic mass is 32.2. The Bertz CT molecular complexity index is 600. The van der Waals surface area contributed by atoms with E-state index in [1.165, 1.54) is 11.1 Å². The van der Waals surface area contributed by atoms with Gasteiger partial charge in [0.05, 0.1) is 5.75 Å². The number of hydrogen-bond donors (Lipinski definition) is 0. The molecule has 1 amide bonds. The van der Waals surface area contributed by atoms with E-state index in [4.69, 9.17) is 0 Å². The average Bonchev–Trinajstić information content (AvgIpc) is 2.53. The van der Waals surface area contributed by atoms with E-state index in [2.05, 4.69) is 23.2 Å². The molecule has 0 fully saturated rings. The molecule has 2 aromatic rings. The van der Waals surface area contributed by atoms with Crippen molar-refractivity contribution in [1.82, 2.24) is 9.88 Å². The van der Waals surface area contributed by atoms with Gasteiger partial charge in [0.2, 0.25) is 5.91 Å². The molecule has 0 radical (unpaired) electrons. The van der Waals surface area contributed by atoms with Gasteiger partial charge in [0.25, 0.3) is 0 Å². The highest BCUT2D eigenvalue weighted by Gasteiger charge is 2.20. The van der Waals surface area contributed by atoms with Crippen LogP contribution in [0.15, 0.2) is 53.7 Å². The predicted molar refractivity (Wildman–Crippen MR) is 80.5 cm³/mol. The Kier molecular flexibility index (Phi) is 4.02. The lowest BCUT2D eigenvalue weighted by atomic mass is 10.00. The number of hydrogen-bond acceptors (Lipinski definition) is 3. The fraction of sp³-hybridized carbons (Fsp3) is 0.250. The largest absolute Gasteiger partial charge is 0.337 e. The zero-order valence-electron chi connectivity index (χ0n) is 11.2. The fourth-order valence-corrected chi connectivity index (χ4v) is 3.17. The zero-order chi connectivity index (χ0) is 13.8. The number of carbonyl (C=O) groups is 1. The summed E-state index contributed by atoms with van der Waals surface area (Å²) in [5.74, 6) is 0.702. The molecular formula is C16H16N2OS. The quantitative estimate of drug-likeness (QED) is 0.813. The first-order valence-corrected chi connectivity index (χ1v) is 7.69. The lowest BCUT2D eigenvalue weighted by Crippen LogP contribution is -2.37. The van der Waals surface area contributed by atoms with Gasteiger partial charge in [-0.25, -0.2) is 0 Å². The van der Waals surface area contributed by atoms with E-state index in [0.717, 1.165) is 24.4 Å². The van der Waals surface area contributed by atoms with Gasteiger partial charge in [0.1, 0.15) is 0 Å². The molecule has 0 unspecified atom stereocenters. The number of fused-ring (bicyclic) bond motifs is 1. The maximum Gasteiger partial charge on any atom is 0.233 e. The molecule has 1 aromatic heterocycles. The van der Waals surface area contributed by atoms with Crippen molar-refractivity contribution >= 4 is 17.7 Å². The molecule has 0 saturated heterocycles. The van der Waals surface area contributed by atoms with Crippen molar-refractivity contribution in [3.63, 3.8) is 0 Å². The van der Waals surface area contributed by atoms with E-state index >= 15 is 0 Å². The summed E-state index contributed by atoms with van der Waals surface area (Å²) >= 11 is 1.57. The number of rotatable bonds is 3. The second kappa shape index (κ2) is 6.09. The highest BCUT2D eigenvalue weighted by Crippen LogP contribution is 2.21. The van der Waals surface area contributed by atoms with Gasteiger partial charge in [-0.1, -0.05) is 24.3 Å². The number of thioether (sulfide) groups is 1. The first kappa shape index (κ1) is 13.2. The van der Waals surface area contributed by atoms with Crippen LogP contribution in [0.1, 0.15) is 11.1 Å². The molecule has 0 saturated carbocycles. The molecule has 1 aliphatic heterocycles. The van der Waals surface area contributed by atoms with Crippen LogP contribution in [0.4, 0.5) is 0 Å². The Morgan fingerprint density at radius 2 is 1.90 bits per heavy atom. The molecule has 3 rings (SSSR count). The molecule has 0 N–H and O–H groups in total. The lowest BCUT2D eigenvalue weighted by Gasteiger charge is -2.28. The second-order valence-electron chi connectivity index (χ2n) is 4.81. The van der Waals surface area contributed by atoms with Crippen molar-refractivity contribution in [1.29, 1.82) is 0 Å². The normalized spacial score (nSPS) is 13.9. The number of amides is 1. The summed E-state index contributed by atoms with van der Waals surface area (Å²) < 4.78 is 0. The topological polar surface area (TPSA) is 33.2 Å². The van der Waals surface area contributed by atoms with Crippen LogP contribution in [0, 0.1) is 0 Å². The number of nitrogens with zero attached hydrogens (tertiary/aromatic N) is 2. The van der Waals surface area contributed by atoms with Crippen LogP contribution in [0.3, 0.4) is 0 Å². The molecule has 102 valence electrons. The molecule has 1 aromatic carbocycles. The summed E-state index contributed by atoms with van der Waals surface area (Å²) in [5.41, 5.74) is 2.65. The van der Waals surface area contributed by atoms with Gasteiger partial charge in [-0.15, -0.1) is 11.8 Å². The number of carbonyl (C=O) groups excluding carboxylic acids is 1. The Labute approximate surface area is 123 Å². The maximum atomic E-state index is 12.3. The summed E-state index contributed by atoms with van der Waals surface area (Å²) in [6.45, 7) is 1.57. The van der Waals surface area contributed by atoms with Crippen LogP contribution in [-0.4, -0.2) is 28.1 Å². The van der Waals surface area contributed by atoms with Crippen LogP contribution in [0.5, 0.6) is 0 Å². The Morgan fingerprint density at radius 3 is 2.70 bits per heavy atom. The van der Waals surface area contributed by atoms with E-state index in [0.29, 0.717) is 5.75 Å². The van der Waals surface area contributed by atoms with Crippen molar-refractivity contribution in [2.24, 2.45) is 0 Å². The Balaban J connectivity index is 1.59. The fourth-order valence-electron chi connectivity index (χ4n) is 2.38. The molecule has 1 aliphatic rings. The van der Waals surface area contributed by atoms with Gasteiger partial charge in [-0.3, -0.25) is 9.78 Å². The molecule has 0 spiro atoms. The summed E-state index contributed by atoms with van der Waals surface area (Å²) in [6.07, 6.45) is 4.47. The van der Waals surface area contributed by atoms with Gasteiger partial charge < -0.3 is 4.90 Å². The van der Waals surface area contributed by atoms with Crippen molar-refractivity contribution < 1.29 is 4.79 Å². The van der Waals surface area contributed by atoms with Gasteiger partial charge in [0, 0.05) is 30.4 Å². The molecule has 3 nitrogen and oxygen atoms in total. The SMILES string of the molecule is O=C(CSc1ccncc1)N1CCc2ccccc2C1. The first-order valence-electron chi connectivity index (χ1n) is 6.70. The van der Waals surface area contributed by atoms with E-state index in [1.807, 2.05) is 23.1 Å². The molecule has 0 atom stereocenters. The van der Waals surface area contributed by atoms with Crippen LogP contribution < -0.4 is 0 Å². The van der Waals surface area contributed by atoms with Crippen molar-refractivity contribution in [3.8, 4) is 0 Å². The molecular weight excluding hydrogens is 268 g/mol. The lowest BCUT2D eigenvalue weighted by molar-refractivity contribution is -0.129. The van der Waals surface area contributed by atoms with Crippen molar-refractivity contribution in [2.75, 3.05) is 12.3 Å². The molecule has 4 heteroatoms. The van der Waals surface area contributed by atoms with Crippen molar-refractivity contribution in [3.05, 3.63) is 59.9 Å². The minimum absolute atomic E-state index is 0.210. The zero-order valence-corrected chi connectivity index (χ0v) is 12.0. The van der Waals surface area contributed by atoms with E-state index < -0.39 is 0 Å². The average molecular weight is 284 g/mol. The third-order valence-electron chi connectivity index (χ3n) is 3.50. The van der Waals surface area contributed by atoms with Crippen LogP contribution >= 0.6 is 11.8 Å². The minimum Gasteiger partial charge on any atom is -0.337 e. The summed E-state index contributed by atoms with van der Waals surface area (Å²) in [5, 5.41) is 0. The van der Waals surface area contributed by atoms with E-state index in [1.54, 1.807) is 24.2 Å². The predicted octanol–water partition coefficient (Wildman–Crippen LogP) is 2.76. The minimum atomic E-state index is 0.210. The number of aromatic nitrogens is 1. The van der Waals surface area contributed by atoms with Crippen LogP contribution in [0.2, 0.25) is 0 Å². The standard InChI is InChI=1S/C16H16N2OS/c19-16(12-20-15-5-8-17-9-6-15)18-10-7-13-3-1-2-4-14(13)11-18/h1-6,8-9H,7,10-12H2. The van der Waals surface area contributed by atoms with E-state index in [9.17, 15) is 4.79 Å². The first-order chi connectivity index (χ1) is 9.83. The third-order valence-corrected chi connectivity index (χ3v) is 4.49. The van der Waals surface area contributed by atoms with Crippen LogP contribution in [0.25, 0.3) is 0 Å². The monoisotopic (exact) mass is 284 g/mol. The second-order valence-corrected chi connectivity index (χ2v) is 5.85. The van der Waals surface area contributed by atoms with Gasteiger partial charge in [-0.05, 0) is 29.7 Å². The summed E-state index contributed by atoms with van der Waals surface area (Å²) in [6, 6.07) is 12.2. The number of pyridine rings is 1. The van der Waals surface area contributed by atoms with Gasteiger partial charge in [0.15, 0.2) is 0 Å². The van der Waals surface area contributed by atoms with Crippen molar-refractivity contribution in [2.45, 2.75) is 17.9 Å². The maximum absolute atomic E-state index is 12.3.